The number of alkyl halides is 2. The Bertz CT molecular complexity index is 364. The van der Waals surface area contributed by atoms with Crippen LogP contribution in [0.3, 0.4) is 0 Å². The Morgan fingerprint density at radius 3 is 2.53 bits per heavy atom. The molecule has 2 aliphatic rings. The highest BCUT2D eigenvalue weighted by molar-refractivity contribution is 9.12. The van der Waals surface area contributed by atoms with Crippen LogP contribution in [0.15, 0.2) is 12.2 Å². The Labute approximate surface area is 132 Å². The summed E-state index contributed by atoms with van der Waals surface area (Å²) in [6.07, 6.45) is 13.8. The van der Waals surface area contributed by atoms with Crippen molar-refractivity contribution in [1.82, 2.24) is 0 Å². The second-order valence-corrected chi connectivity index (χ2v) is 7.49. The molecule has 19 heavy (non-hydrogen) atoms. The minimum absolute atomic E-state index is 0.186. The highest BCUT2D eigenvalue weighted by Gasteiger charge is 2.48. The van der Waals surface area contributed by atoms with Gasteiger partial charge in [-0.3, -0.25) is 0 Å². The van der Waals surface area contributed by atoms with Crippen LogP contribution < -0.4 is 0 Å². The molecule has 0 aromatic heterocycles. The van der Waals surface area contributed by atoms with Crippen LogP contribution >= 0.6 is 31.9 Å². The van der Waals surface area contributed by atoms with Crippen LogP contribution in [0, 0.1) is 12.3 Å². The van der Waals surface area contributed by atoms with Gasteiger partial charge < -0.3 is 9.47 Å². The highest BCUT2D eigenvalue weighted by atomic mass is 79.9. The van der Waals surface area contributed by atoms with Crippen LogP contribution in [0.2, 0.25) is 0 Å². The molecule has 106 valence electrons. The van der Waals surface area contributed by atoms with Gasteiger partial charge in [-0.2, -0.15) is 0 Å². The Hall–Kier alpha value is 0.180. The van der Waals surface area contributed by atoms with Crippen molar-refractivity contribution in [2.45, 2.75) is 66.7 Å². The van der Waals surface area contributed by atoms with Crippen molar-refractivity contribution in [2.24, 2.45) is 0 Å². The summed E-state index contributed by atoms with van der Waals surface area (Å²) in [5, 5.41) is 0. The lowest BCUT2D eigenvalue weighted by molar-refractivity contribution is -0.137. The van der Waals surface area contributed by atoms with E-state index in [2.05, 4.69) is 44.7 Å². The molecular formula is C15H20Br2O2. The van der Waals surface area contributed by atoms with E-state index < -0.39 is 0 Å². The van der Waals surface area contributed by atoms with Gasteiger partial charge in [-0.1, -0.05) is 50.8 Å². The molecule has 2 saturated heterocycles. The van der Waals surface area contributed by atoms with Crippen LogP contribution in [0.4, 0.5) is 0 Å². The first kappa shape index (κ1) is 15.6. The molecule has 0 radical (unpaired) electrons. The van der Waals surface area contributed by atoms with Crippen LogP contribution in [0.25, 0.3) is 0 Å². The second-order valence-electron chi connectivity index (χ2n) is 5.14. The molecule has 2 fully saturated rings. The average molecular weight is 392 g/mol. The molecule has 2 rings (SSSR count). The molecule has 6 unspecified atom stereocenters. The summed E-state index contributed by atoms with van der Waals surface area (Å²) in [6, 6.07) is 0. The van der Waals surface area contributed by atoms with Crippen LogP contribution in [0.5, 0.6) is 0 Å². The topological polar surface area (TPSA) is 18.5 Å². The van der Waals surface area contributed by atoms with Crippen LogP contribution in [-0.2, 0) is 9.47 Å². The molecule has 0 N–H and O–H groups in total. The first-order chi connectivity index (χ1) is 9.15. The largest absolute Gasteiger partial charge is 0.369 e. The van der Waals surface area contributed by atoms with Crippen molar-refractivity contribution < 1.29 is 9.47 Å². The molecule has 0 aromatic rings. The second kappa shape index (κ2) is 7.26. The van der Waals surface area contributed by atoms with Crippen molar-refractivity contribution in [3.63, 3.8) is 0 Å². The molecule has 2 heterocycles. The Morgan fingerprint density at radius 1 is 1.26 bits per heavy atom. The number of halogens is 2. The van der Waals surface area contributed by atoms with Crippen molar-refractivity contribution in [1.29, 1.82) is 0 Å². The van der Waals surface area contributed by atoms with Gasteiger partial charge in [0.2, 0.25) is 0 Å². The first-order valence-corrected chi connectivity index (χ1v) is 8.69. The fraction of sp³-hybridized carbons (Fsp3) is 0.733. The lowest BCUT2D eigenvalue weighted by Crippen LogP contribution is -2.37. The summed E-state index contributed by atoms with van der Waals surface area (Å²) in [6.45, 7) is 2.18. The highest BCUT2D eigenvalue weighted by Crippen LogP contribution is 2.39. The van der Waals surface area contributed by atoms with Gasteiger partial charge in [-0.25, -0.2) is 0 Å². The van der Waals surface area contributed by atoms with Gasteiger partial charge in [0, 0.05) is 16.1 Å². The van der Waals surface area contributed by atoms with E-state index in [1.54, 1.807) is 6.08 Å². The quantitative estimate of drug-likeness (QED) is 0.506. The summed E-state index contributed by atoms with van der Waals surface area (Å²) >= 11 is 7.42. The van der Waals surface area contributed by atoms with Gasteiger partial charge in [0.25, 0.3) is 0 Å². The molecular weight excluding hydrogens is 372 g/mol. The molecule has 0 amide bonds. The van der Waals surface area contributed by atoms with Crippen molar-refractivity contribution in [3.05, 3.63) is 12.2 Å². The minimum Gasteiger partial charge on any atom is -0.369 e. The smallest absolute Gasteiger partial charge is 0.0877 e. The zero-order chi connectivity index (χ0) is 13.8. The molecule has 6 atom stereocenters. The molecule has 2 nitrogen and oxygen atoms in total. The van der Waals surface area contributed by atoms with Gasteiger partial charge in [0.05, 0.1) is 24.4 Å². The zero-order valence-corrected chi connectivity index (χ0v) is 14.3. The summed E-state index contributed by atoms with van der Waals surface area (Å²) in [7, 11) is 0. The van der Waals surface area contributed by atoms with E-state index in [0.717, 1.165) is 25.7 Å². The standard InChI is InChI=1S/C15H20Br2O2/c1-3-5-6-7-12-14-9-15(18-12)13(19-14)8-11(17)10(16)4-2/h1,5-6,10-15H,4,7-9H2,2H3/b6-5-. The number of terminal acetylenes is 1. The van der Waals surface area contributed by atoms with E-state index in [4.69, 9.17) is 15.9 Å². The van der Waals surface area contributed by atoms with E-state index in [9.17, 15) is 0 Å². The SMILES string of the molecule is C#C/C=C\CC1OC2CC1OC2CC(Br)C(Br)CC. The van der Waals surface area contributed by atoms with Gasteiger partial charge in [0.1, 0.15) is 0 Å². The van der Waals surface area contributed by atoms with Crippen molar-refractivity contribution >= 4 is 31.9 Å². The molecule has 0 spiro atoms. The minimum atomic E-state index is 0.186. The molecule has 0 saturated carbocycles. The molecule has 2 aliphatic heterocycles. The van der Waals surface area contributed by atoms with E-state index in [0.29, 0.717) is 9.65 Å². The maximum Gasteiger partial charge on any atom is 0.0877 e. The third kappa shape index (κ3) is 3.85. The average Bonchev–Trinajstić information content (AvgIpc) is 2.97. The van der Waals surface area contributed by atoms with E-state index >= 15 is 0 Å². The Morgan fingerprint density at radius 2 is 1.95 bits per heavy atom. The van der Waals surface area contributed by atoms with E-state index in [1.807, 2.05) is 6.08 Å². The predicted octanol–water partition coefficient (Wildman–Crippen LogP) is 3.82. The zero-order valence-electron chi connectivity index (χ0n) is 11.1. The number of hydrogen-bond donors (Lipinski definition) is 0. The van der Waals surface area contributed by atoms with Crippen LogP contribution in [-0.4, -0.2) is 34.1 Å². The third-order valence-electron chi connectivity index (χ3n) is 3.82. The first-order valence-electron chi connectivity index (χ1n) is 6.85. The summed E-state index contributed by atoms with van der Waals surface area (Å²) < 4.78 is 12.2. The lowest BCUT2D eigenvalue weighted by Gasteiger charge is -2.30. The fourth-order valence-corrected chi connectivity index (χ4v) is 3.71. The molecule has 2 bridgehead atoms. The monoisotopic (exact) mass is 390 g/mol. The molecule has 0 aliphatic carbocycles. The predicted molar refractivity (Wildman–Crippen MR) is 84.9 cm³/mol. The third-order valence-corrected chi connectivity index (χ3v) is 6.82. The molecule has 0 aromatic carbocycles. The summed E-state index contributed by atoms with van der Waals surface area (Å²) in [4.78, 5) is 0.926. The Kier molecular flexibility index (Phi) is 5.95. The van der Waals surface area contributed by atoms with Crippen molar-refractivity contribution in [3.8, 4) is 12.3 Å². The maximum absolute atomic E-state index is 6.11. The number of hydrogen-bond acceptors (Lipinski definition) is 2. The van der Waals surface area contributed by atoms with Gasteiger partial charge in [-0.05, 0) is 25.3 Å². The normalized spacial score (nSPS) is 36.5. The van der Waals surface area contributed by atoms with E-state index in [1.165, 1.54) is 0 Å². The lowest BCUT2D eigenvalue weighted by atomic mass is 10.1. The molecule has 4 heteroatoms. The van der Waals surface area contributed by atoms with E-state index in [-0.39, 0.29) is 24.4 Å². The number of rotatable bonds is 6. The van der Waals surface area contributed by atoms with Crippen molar-refractivity contribution in [2.75, 3.05) is 0 Å². The van der Waals surface area contributed by atoms with Crippen LogP contribution in [0.1, 0.15) is 32.6 Å². The van der Waals surface area contributed by atoms with Gasteiger partial charge in [-0.15, -0.1) is 6.42 Å². The summed E-state index contributed by atoms with van der Waals surface area (Å²) in [5.41, 5.74) is 0. The van der Waals surface area contributed by atoms with Gasteiger partial charge in [0.15, 0.2) is 0 Å². The Balaban J connectivity index is 1.79. The summed E-state index contributed by atoms with van der Waals surface area (Å²) in [5.74, 6) is 2.50. The number of ether oxygens (including phenoxy) is 2. The maximum atomic E-state index is 6.11. The number of allylic oxidation sites excluding steroid dienone is 1. The van der Waals surface area contributed by atoms with Gasteiger partial charge >= 0.3 is 0 Å². The fourth-order valence-electron chi connectivity index (χ4n) is 2.75. The number of fused-ring (bicyclic) bond motifs is 2.